The highest BCUT2D eigenvalue weighted by Gasteiger charge is 2.10. The molecule has 1 N–H and O–H groups in total. The molecule has 0 fully saturated rings. The lowest BCUT2D eigenvalue weighted by molar-refractivity contribution is 0.567. The number of rotatable bonds is 6. The number of hydrogen-bond donors (Lipinski definition) is 1. The predicted octanol–water partition coefficient (Wildman–Crippen LogP) is 5.51. The van der Waals surface area contributed by atoms with Gasteiger partial charge in [-0.05, 0) is 60.7 Å². The maximum atomic E-state index is 8.72. The Morgan fingerprint density at radius 2 is 1.06 bits per heavy atom. The molecule has 0 saturated carbocycles. The molecule has 3 heterocycles. The van der Waals surface area contributed by atoms with E-state index in [0.717, 1.165) is 11.4 Å². The number of nitrogens with zero attached hydrogens (tertiary/aromatic N) is 4. The Morgan fingerprint density at radius 1 is 0.645 bits per heavy atom. The molecule has 0 aliphatic heterocycles. The van der Waals surface area contributed by atoms with E-state index in [1.54, 1.807) is 72.8 Å². The maximum Gasteiger partial charge on any atom is 0.150 e. The minimum atomic E-state index is 0.0105. The zero-order valence-corrected chi connectivity index (χ0v) is 16.0. The molecule has 3 aromatic heterocycles. The molecule has 0 bridgehead atoms. The van der Waals surface area contributed by atoms with Gasteiger partial charge in [-0.25, -0.2) is 0 Å². The van der Waals surface area contributed by atoms with E-state index < -0.39 is 0 Å². The van der Waals surface area contributed by atoms with Gasteiger partial charge in [-0.15, -0.1) is 0 Å². The van der Waals surface area contributed by atoms with Gasteiger partial charge in [-0.1, -0.05) is 12.2 Å². The van der Waals surface area contributed by atoms with Gasteiger partial charge in [-0.2, -0.15) is 21.0 Å². The SMILES string of the molecule is N#CC(C#N)=C/C=C/c1ccc(-c2ccc(-c3ccc(/C=C/C=C(C#N)C#N)o3)[nH]2)o1. The summed E-state index contributed by atoms with van der Waals surface area (Å²) in [5, 5.41) is 34.9. The van der Waals surface area contributed by atoms with Crippen LogP contribution in [0.4, 0.5) is 0 Å². The summed E-state index contributed by atoms with van der Waals surface area (Å²) in [5.74, 6) is 2.39. The van der Waals surface area contributed by atoms with Crippen LogP contribution in [0.3, 0.4) is 0 Å². The third-order valence-corrected chi connectivity index (χ3v) is 4.00. The summed E-state index contributed by atoms with van der Waals surface area (Å²) in [5.41, 5.74) is 1.53. The van der Waals surface area contributed by atoms with Crippen LogP contribution in [-0.4, -0.2) is 4.98 Å². The smallest absolute Gasteiger partial charge is 0.150 e. The first-order valence-electron chi connectivity index (χ1n) is 8.93. The van der Waals surface area contributed by atoms with Crippen LogP contribution in [0.25, 0.3) is 35.1 Å². The van der Waals surface area contributed by atoms with Gasteiger partial charge in [0.2, 0.25) is 0 Å². The van der Waals surface area contributed by atoms with Gasteiger partial charge < -0.3 is 13.8 Å². The van der Waals surface area contributed by atoms with Crippen LogP contribution in [-0.2, 0) is 0 Å². The fourth-order valence-electron chi connectivity index (χ4n) is 2.53. The van der Waals surface area contributed by atoms with Crippen molar-refractivity contribution in [1.29, 1.82) is 21.0 Å². The normalized spacial score (nSPS) is 10.2. The van der Waals surface area contributed by atoms with Gasteiger partial charge in [0, 0.05) is 0 Å². The van der Waals surface area contributed by atoms with Crippen molar-refractivity contribution < 1.29 is 8.83 Å². The molecule has 0 aliphatic rings. The highest BCUT2D eigenvalue weighted by atomic mass is 16.3. The molecule has 3 aromatic rings. The van der Waals surface area contributed by atoms with Gasteiger partial charge in [0.15, 0.2) is 11.5 Å². The van der Waals surface area contributed by atoms with Crippen molar-refractivity contribution in [3.05, 3.63) is 83.4 Å². The number of furan rings is 2. The molecule has 7 nitrogen and oxygen atoms in total. The molecular formula is C24H13N5O2. The van der Waals surface area contributed by atoms with E-state index in [1.165, 1.54) is 12.2 Å². The van der Waals surface area contributed by atoms with E-state index >= 15 is 0 Å². The second-order valence-corrected chi connectivity index (χ2v) is 6.02. The second-order valence-electron chi connectivity index (χ2n) is 6.02. The molecule has 3 rings (SSSR count). The van der Waals surface area contributed by atoms with Crippen LogP contribution >= 0.6 is 0 Å². The van der Waals surface area contributed by atoms with E-state index in [4.69, 9.17) is 29.9 Å². The zero-order chi connectivity index (χ0) is 22.1. The van der Waals surface area contributed by atoms with Crippen LogP contribution < -0.4 is 0 Å². The third kappa shape index (κ3) is 5.18. The number of aromatic amines is 1. The predicted molar refractivity (Wildman–Crippen MR) is 113 cm³/mol. The highest BCUT2D eigenvalue weighted by molar-refractivity contribution is 5.65. The lowest BCUT2D eigenvalue weighted by atomic mass is 10.3. The minimum absolute atomic E-state index is 0.0105. The van der Waals surface area contributed by atoms with Gasteiger partial charge in [0.05, 0.1) is 11.4 Å². The number of H-pyrrole nitrogens is 1. The minimum Gasteiger partial charge on any atom is -0.455 e. The third-order valence-electron chi connectivity index (χ3n) is 4.00. The summed E-state index contributed by atoms with van der Waals surface area (Å²) >= 11 is 0. The topological polar surface area (TPSA) is 137 Å². The fraction of sp³-hybridized carbons (Fsp3) is 0. The van der Waals surface area contributed by atoms with Gasteiger partial charge in [-0.3, -0.25) is 0 Å². The van der Waals surface area contributed by atoms with Crippen molar-refractivity contribution in [3.8, 4) is 47.2 Å². The lowest BCUT2D eigenvalue weighted by Crippen LogP contribution is -1.75. The first-order valence-corrected chi connectivity index (χ1v) is 8.93. The molecule has 0 aromatic carbocycles. The van der Waals surface area contributed by atoms with E-state index in [0.29, 0.717) is 23.0 Å². The molecule has 0 aliphatic carbocycles. The number of allylic oxidation sites excluding steroid dienone is 6. The summed E-state index contributed by atoms with van der Waals surface area (Å²) in [6.07, 6.45) is 9.29. The van der Waals surface area contributed by atoms with Crippen molar-refractivity contribution in [2.45, 2.75) is 0 Å². The second kappa shape index (κ2) is 9.80. The molecule has 0 atom stereocenters. The van der Waals surface area contributed by atoms with Crippen LogP contribution in [0, 0.1) is 45.3 Å². The highest BCUT2D eigenvalue weighted by Crippen LogP contribution is 2.28. The largest absolute Gasteiger partial charge is 0.455 e. The summed E-state index contributed by atoms with van der Waals surface area (Å²) < 4.78 is 11.5. The Bertz CT molecular complexity index is 1240. The average molecular weight is 403 g/mol. The fourth-order valence-corrected chi connectivity index (χ4v) is 2.53. The Hall–Kier alpha value is -5.24. The molecule has 0 spiro atoms. The molecule has 0 unspecified atom stereocenters. The number of aromatic nitrogens is 1. The molecule has 0 amide bonds. The van der Waals surface area contributed by atoms with Gasteiger partial charge in [0.1, 0.15) is 46.9 Å². The Labute approximate surface area is 178 Å². The van der Waals surface area contributed by atoms with Gasteiger partial charge >= 0.3 is 0 Å². The van der Waals surface area contributed by atoms with Crippen molar-refractivity contribution >= 4 is 12.2 Å². The monoisotopic (exact) mass is 403 g/mol. The lowest BCUT2D eigenvalue weighted by Gasteiger charge is -1.93. The van der Waals surface area contributed by atoms with E-state index in [2.05, 4.69) is 4.98 Å². The average Bonchev–Trinajstić information content (AvgIpc) is 3.54. The Morgan fingerprint density at radius 3 is 1.45 bits per heavy atom. The van der Waals surface area contributed by atoms with Gasteiger partial charge in [0.25, 0.3) is 0 Å². The Balaban J connectivity index is 1.72. The first kappa shape index (κ1) is 20.5. The Kier molecular flexibility index (Phi) is 6.48. The number of hydrogen-bond acceptors (Lipinski definition) is 6. The number of nitrogens with one attached hydrogen (secondary N) is 1. The maximum absolute atomic E-state index is 8.72. The molecule has 7 heteroatoms. The molecular weight excluding hydrogens is 390 g/mol. The van der Waals surface area contributed by atoms with Crippen molar-refractivity contribution in [3.63, 3.8) is 0 Å². The molecule has 146 valence electrons. The van der Waals surface area contributed by atoms with Crippen LogP contribution in [0.5, 0.6) is 0 Å². The van der Waals surface area contributed by atoms with Crippen LogP contribution in [0.1, 0.15) is 11.5 Å². The zero-order valence-electron chi connectivity index (χ0n) is 16.0. The standard InChI is InChI=1S/C24H13N5O2/c25-13-17(14-26)3-1-5-19-7-11-23(30-19)21-9-10-22(29-21)24-12-8-20(31-24)6-2-4-18(15-27)16-28/h1-12,29H/b5-1+,6-2+. The summed E-state index contributed by atoms with van der Waals surface area (Å²) in [6, 6.07) is 18.0. The summed E-state index contributed by atoms with van der Waals surface area (Å²) in [7, 11) is 0. The van der Waals surface area contributed by atoms with Crippen molar-refractivity contribution in [2.75, 3.05) is 0 Å². The molecule has 0 saturated heterocycles. The van der Waals surface area contributed by atoms with E-state index in [9.17, 15) is 0 Å². The first-order chi connectivity index (χ1) is 15.2. The van der Waals surface area contributed by atoms with Crippen molar-refractivity contribution in [2.24, 2.45) is 0 Å². The molecule has 31 heavy (non-hydrogen) atoms. The molecule has 0 radical (unpaired) electrons. The summed E-state index contributed by atoms with van der Waals surface area (Å²) in [4.78, 5) is 3.23. The van der Waals surface area contributed by atoms with E-state index in [-0.39, 0.29) is 11.1 Å². The van der Waals surface area contributed by atoms with Crippen molar-refractivity contribution in [1.82, 2.24) is 4.98 Å². The quantitative estimate of drug-likeness (QED) is 0.425. The van der Waals surface area contributed by atoms with Crippen LogP contribution in [0.2, 0.25) is 0 Å². The van der Waals surface area contributed by atoms with E-state index in [1.807, 2.05) is 12.1 Å². The summed E-state index contributed by atoms with van der Waals surface area (Å²) in [6.45, 7) is 0. The number of nitriles is 4. The van der Waals surface area contributed by atoms with Crippen LogP contribution in [0.15, 0.2) is 80.7 Å².